The van der Waals surface area contributed by atoms with Gasteiger partial charge in [0, 0.05) is 55.7 Å². The molecule has 9 nitrogen and oxygen atoms in total. The Morgan fingerprint density at radius 3 is 2.70 bits per heavy atom. The lowest BCUT2D eigenvalue weighted by Gasteiger charge is -2.27. The van der Waals surface area contributed by atoms with Crippen LogP contribution in [-0.2, 0) is 11.3 Å². The minimum absolute atomic E-state index is 0.123. The third-order valence-corrected chi connectivity index (χ3v) is 7.11. The molecule has 0 saturated heterocycles. The van der Waals surface area contributed by atoms with Gasteiger partial charge in [0.2, 0.25) is 11.9 Å². The van der Waals surface area contributed by atoms with E-state index in [0.29, 0.717) is 43.5 Å². The van der Waals surface area contributed by atoms with Crippen LogP contribution in [0.15, 0.2) is 78.2 Å². The number of ether oxygens (including phenoxy) is 1. The van der Waals surface area contributed by atoms with E-state index in [1.54, 1.807) is 22.6 Å². The molecule has 0 spiro atoms. The van der Waals surface area contributed by atoms with Gasteiger partial charge >= 0.3 is 0 Å². The number of hydrogen-bond acceptors (Lipinski definition) is 7. The highest BCUT2D eigenvalue weighted by Crippen LogP contribution is 2.24. The van der Waals surface area contributed by atoms with Crippen molar-refractivity contribution in [3.63, 3.8) is 0 Å². The first-order chi connectivity index (χ1) is 20.9. The van der Waals surface area contributed by atoms with Crippen molar-refractivity contribution in [2.75, 3.05) is 41.9 Å². The van der Waals surface area contributed by atoms with Gasteiger partial charge in [-0.05, 0) is 69.0 Å². The van der Waals surface area contributed by atoms with Crippen molar-refractivity contribution in [3.8, 4) is 18.1 Å². The number of hydrogen-bond donors (Lipinski definition) is 1. The number of likely N-dealkylation sites (N-methyl/N-ethyl adjacent to an activating group) is 1. The van der Waals surface area contributed by atoms with Gasteiger partial charge in [-0.1, -0.05) is 30.8 Å². The number of carbonyl (C=O) groups excluding carboxylic acids is 1. The topological polar surface area (TPSA) is 92.6 Å². The molecule has 2 aromatic heterocycles. The molecule has 9 heteroatoms. The van der Waals surface area contributed by atoms with Gasteiger partial charge in [-0.15, -0.1) is 12.3 Å². The molecule has 1 aliphatic rings. The third kappa shape index (κ3) is 7.60. The fourth-order valence-electron chi connectivity index (χ4n) is 4.91. The van der Waals surface area contributed by atoms with Crippen molar-refractivity contribution >= 4 is 40.0 Å². The molecule has 222 valence electrons. The Morgan fingerprint density at radius 2 is 1.93 bits per heavy atom. The smallest absolute Gasteiger partial charge is 0.275 e. The van der Waals surface area contributed by atoms with E-state index >= 15 is 0 Å². The van der Waals surface area contributed by atoms with Crippen molar-refractivity contribution in [1.82, 2.24) is 14.5 Å². The summed E-state index contributed by atoms with van der Waals surface area (Å²) in [6, 6.07) is 17.3. The Balaban J connectivity index is 0.00000135. The predicted molar refractivity (Wildman–Crippen MR) is 174 cm³/mol. The number of terminal acetylenes is 1. The van der Waals surface area contributed by atoms with Crippen LogP contribution >= 0.6 is 0 Å². The summed E-state index contributed by atoms with van der Waals surface area (Å²) >= 11 is 0. The first-order valence-electron chi connectivity index (χ1n) is 14.3. The Bertz CT molecular complexity index is 1690. The quantitative estimate of drug-likeness (QED) is 0.232. The zero-order chi connectivity index (χ0) is 30.8. The van der Waals surface area contributed by atoms with Crippen LogP contribution in [-0.4, -0.2) is 47.2 Å². The maximum Gasteiger partial charge on any atom is 0.275 e. The van der Waals surface area contributed by atoms with Gasteiger partial charge in [-0.25, -0.2) is 4.98 Å². The molecule has 1 amide bonds. The molecule has 5 rings (SSSR count). The van der Waals surface area contributed by atoms with Crippen molar-refractivity contribution in [2.24, 2.45) is 0 Å². The number of fused-ring (bicyclic) bond motifs is 3. The van der Waals surface area contributed by atoms with Gasteiger partial charge in [0.1, 0.15) is 17.1 Å². The van der Waals surface area contributed by atoms with Gasteiger partial charge in [-0.2, -0.15) is 4.98 Å². The van der Waals surface area contributed by atoms with E-state index in [4.69, 9.17) is 9.72 Å². The van der Waals surface area contributed by atoms with Crippen LogP contribution < -0.4 is 25.4 Å². The summed E-state index contributed by atoms with van der Waals surface area (Å²) in [7, 11) is 1.87. The summed E-state index contributed by atoms with van der Waals surface area (Å²) in [5.74, 6) is 3.27. The largest absolute Gasteiger partial charge is 0.494 e. The van der Waals surface area contributed by atoms with Gasteiger partial charge in [-0.3, -0.25) is 14.2 Å². The highest BCUT2D eigenvalue weighted by atomic mass is 16.5. The number of benzene rings is 2. The maximum atomic E-state index is 13.8. The van der Waals surface area contributed by atoms with E-state index in [2.05, 4.69) is 29.2 Å². The fraction of sp³-hybridized carbons (Fsp3) is 0.294. The second-order valence-corrected chi connectivity index (χ2v) is 10.2. The highest BCUT2D eigenvalue weighted by molar-refractivity contribution is 6.01. The molecular formula is C34H38N6O3. The van der Waals surface area contributed by atoms with Gasteiger partial charge < -0.3 is 19.9 Å². The van der Waals surface area contributed by atoms with E-state index in [9.17, 15) is 9.59 Å². The monoisotopic (exact) mass is 578 g/mol. The second kappa shape index (κ2) is 14.7. The molecule has 0 radical (unpaired) electrons. The lowest BCUT2D eigenvalue weighted by atomic mass is 10.1. The zero-order valence-corrected chi connectivity index (χ0v) is 25.0. The molecule has 1 N–H and O–H groups in total. The Hall–Kier alpha value is -5.10. The summed E-state index contributed by atoms with van der Waals surface area (Å²) in [6.45, 7) is 9.28. The number of nitrogens with one attached hydrogen (secondary N) is 1. The van der Waals surface area contributed by atoms with Gasteiger partial charge in [0.25, 0.3) is 5.56 Å². The van der Waals surface area contributed by atoms with Crippen LogP contribution in [0.4, 0.5) is 23.0 Å². The number of nitrogens with zero attached hydrogens (tertiary/aromatic N) is 5. The average Bonchev–Trinajstić information content (AvgIpc) is 3.00. The summed E-state index contributed by atoms with van der Waals surface area (Å²) in [5, 5.41) is 4.01. The second-order valence-electron chi connectivity index (χ2n) is 10.2. The van der Waals surface area contributed by atoms with Crippen LogP contribution in [0, 0.1) is 19.3 Å². The summed E-state index contributed by atoms with van der Waals surface area (Å²) in [5.41, 5.74) is 3.63. The molecule has 0 aliphatic carbocycles. The molecule has 2 aromatic carbocycles. The Morgan fingerprint density at radius 1 is 1.14 bits per heavy atom. The first kappa shape index (κ1) is 30.8. The zero-order valence-electron chi connectivity index (χ0n) is 25.0. The minimum atomic E-state index is -0.185. The van der Waals surface area contributed by atoms with Gasteiger partial charge in [0.05, 0.1) is 6.61 Å². The number of anilines is 4. The number of carbonyl (C=O) groups is 1. The Labute approximate surface area is 252 Å². The third-order valence-electron chi connectivity index (χ3n) is 7.11. The molecule has 3 heterocycles. The van der Waals surface area contributed by atoms with Gasteiger partial charge in [0.15, 0.2) is 0 Å². The molecule has 4 bridgehead atoms. The van der Waals surface area contributed by atoms with Crippen LogP contribution in [0.25, 0.3) is 11.0 Å². The molecule has 0 saturated carbocycles. The normalized spacial score (nSPS) is 12.4. The SMILES string of the molecule is C#CC.C=CC(=O)N(CCN(C)c1cc2cnc3nc2n(c1=O)CCCCCOc1cccc(c1)N3)c1ccccc1C. The minimum Gasteiger partial charge on any atom is -0.494 e. The van der Waals surface area contributed by atoms with Crippen molar-refractivity contribution in [2.45, 2.75) is 39.7 Å². The van der Waals surface area contributed by atoms with E-state index < -0.39 is 0 Å². The van der Waals surface area contributed by atoms with E-state index in [1.165, 1.54) is 6.08 Å². The van der Waals surface area contributed by atoms with Crippen LogP contribution in [0.2, 0.25) is 0 Å². The summed E-state index contributed by atoms with van der Waals surface area (Å²) in [4.78, 5) is 39.4. The van der Waals surface area contributed by atoms with Crippen LogP contribution in [0.3, 0.4) is 0 Å². The molecular weight excluding hydrogens is 540 g/mol. The number of amides is 1. The summed E-state index contributed by atoms with van der Waals surface area (Å²) < 4.78 is 7.64. The van der Waals surface area contributed by atoms with E-state index in [0.717, 1.165) is 47.3 Å². The molecule has 4 aromatic rings. The average molecular weight is 579 g/mol. The predicted octanol–water partition coefficient (Wildman–Crippen LogP) is 5.70. The van der Waals surface area contributed by atoms with Crippen LogP contribution in [0.1, 0.15) is 31.7 Å². The number of aromatic nitrogens is 3. The number of rotatable bonds is 6. The van der Waals surface area contributed by atoms with Crippen LogP contribution in [0.5, 0.6) is 5.75 Å². The first-order valence-corrected chi connectivity index (χ1v) is 14.3. The Kier molecular flexibility index (Phi) is 10.5. The maximum absolute atomic E-state index is 13.8. The number of para-hydroxylation sites is 1. The van der Waals surface area contributed by atoms with Crippen molar-refractivity contribution < 1.29 is 9.53 Å². The number of pyridine rings is 1. The molecule has 0 fully saturated rings. The molecule has 43 heavy (non-hydrogen) atoms. The lowest BCUT2D eigenvalue weighted by molar-refractivity contribution is -0.114. The van der Waals surface area contributed by atoms with E-state index in [1.807, 2.05) is 73.5 Å². The van der Waals surface area contributed by atoms with Crippen molar-refractivity contribution in [3.05, 3.63) is 89.4 Å². The fourth-order valence-corrected chi connectivity index (χ4v) is 4.91. The standard InChI is InChI=1S/C31H34N6O3.C3H4/c1-4-28(38)36(26-14-7-6-11-22(26)2)17-16-35(3)27-19-23-21-32-31-33-24-12-10-13-25(20-24)40-18-9-5-8-15-37(30(27)39)29(23)34-31;1-3-2/h4,6-7,10-14,19-21H,1,5,8-9,15-18H2,2-3H3,(H,32,33,34);1H,2H3. The van der Waals surface area contributed by atoms with E-state index in [-0.39, 0.29) is 11.5 Å². The molecule has 0 atom stereocenters. The molecule has 0 unspecified atom stereocenters. The summed E-state index contributed by atoms with van der Waals surface area (Å²) in [6.07, 6.45) is 10.3. The number of aryl methyl sites for hydroxylation is 2. The molecule has 1 aliphatic heterocycles. The van der Waals surface area contributed by atoms with Crippen molar-refractivity contribution in [1.29, 1.82) is 0 Å². The lowest BCUT2D eigenvalue weighted by Crippen LogP contribution is -2.39. The highest BCUT2D eigenvalue weighted by Gasteiger charge is 2.19.